The van der Waals surface area contributed by atoms with Crippen LogP contribution in [-0.2, 0) is 0 Å². The maximum atomic E-state index is 5.59. The number of hydrogen-bond acceptors (Lipinski definition) is 1. The van der Waals surface area contributed by atoms with E-state index < -0.39 is 0 Å². The Bertz CT molecular complexity index is 235. The van der Waals surface area contributed by atoms with Crippen molar-refractivity contribution in [3.63, 3.8) is 0 Å². The highest BCUT2D eigenvalue weighted by Gasteiger charge is 1.92. The van der Waals surface area contributed by atoms with Gasteiger partial charge in [0.25, 0.3) is 0 Å². The van der Waals surface area contributed by atoms with Gasteiger partial charge in [-0.25, -0.2) is 0 Å². The lowest BCUT2D eigenvalue weighted by Gasteiger charge is -2.00. The van der Waals surface area contributed by atoms with Crippen molar-refractivity contribution in [2.75, 3.05) is 11.6 Å². The Labute approximate surface area is 83.3 Å². The van der Waals surface area contributed by atoms with E-state index in [-0.39, 0.29) is 0 Å². The smallest absolute Gasteiger partial charge is 0.0231 e. The normalized spacial score (nSPS) is 10.2. The Morgan fingerprint density at radius 1 is 1.42 bits per heavy atom. The molecule has 1 rings (SSSR count). The molecule has 1 aromatic carbocycles. The second-order valence-corrected chi connectivity index (χ2v) is 4.25. The van der Waals surface area contributed by atoms with Crippen LogP contribution >= 0.6 is 23.4 Å². The third-order valence-electron chi connectivity index (χ3n) is 1.54. The second kappa shape index (κ2) is 5.50. The van der Waals surface area contributed by atoms with Crippen LogP contribution in [0.3, 0.4) is 0 Å². The Hall–Kier alpha value is -0.140. The van der Waals surface area contributed by atoms with Gasteiger partial charge in [0, 0.05) is 10.8 Å². The van der Waals surface area contributed by atoms with Crippen LogP contribution in [0.2, 0.25) is 0 Å². The molecule has 0 atom stereocenters. The van der Waals surface area contributed by atoms with Gasteiger partial charge < -0.3 is 0 Å². The van der Waals surface area contributed by atoms with Gasteiger partial charge in [0.15, 0.2) is 0 Å². The summed E-state index contributed by atoms with van der Waals surface area (Å²) in [6, 6.07) is 8.56. The average molecular weight is 201 g/mol. The molecule has 0 unspecified atom stereocenters. The lowest BCUT2D eigenvalue weighted by Crippen LogP contribution is -1.81. The van der Waals surface area contributed by atoms with Crippen molar-refractivity contribution in [3.8, 4) is 0 Å². The van der Waals surface area contributed by atoms with Crippen molar-refractivity contribution < 1.29 is 0 Å². The van der Waals surface area contributed by atoms with E-state index in [0.717, 1.165) is 18.1 Å². The van der Waals surface area contributed by atoms with Crippen molar-refractivity contribution >= 4 is 23.4 Å². The summed E-state index contributed by atoms with van der Waals surface area (Å²) in [6.07, 6.45) is 1.08. The van der Waals surface area contributed by atoms with E-state index >= 15 is 0 Å². The summed E-state index contributed by atoms with van der Waals surface area (Å²) < 4.78 is 0. The maximum Gasteiger partial charge on any atom is 0.0231 e. The highest BCUT2D eigenvalue weighted by atomic mass is 35.5. The second-order valence-electron chi connectivity index (χ2n) is 2.71. The van der Waals surface area contributed by atoms with E-state index in [0.29, 0.717) is 0 Å². The molecular weight excluding hydrogens is 188 g/mol. The standard InChI is InChI=1S/C10H13ClS/c1-9-4-2-5-10(8-9)12-7-3-6-11/h2,4-5,8H,3,6-7H2,1H3. The Balaban J connectivity index is 2.41. The van der Waals surface area contributed by atoms with E-state index in [4.69, 9.17) is 11.6 Å². The molecule has 0 heterocycles. The molecule has 2 heteroatoms. The molecule has 0 aliphatic heterocycles. The van der Waals surface area contributed by atoms with Gasteiger partial charge in [-0.1, -0.05) is 17.7 Å². The first-order valence-electron chi connectivity index (χ1n) is 4.08. The lowest BCUT2D eigenvalue weighted by molar-refractivity contribution is 1.11. The number of rotatable bonds is 4. The monoisotopic (exact) mass is 200 g/mol. The molecule has 0 aliphatic carbocycles. The molecule has 0 aliphatic rings. The fourth-order valence-electron chi connectivity index (χ4n) is 0.950. The molecule has 0 bridgehead atoms. The molecular formula is C10H13ClS. The molecule has 0 amide bonds. The molecule has 0 radical (unpaired) electrons. The van der Waals surface area contributed by atoms with E-state index in [2.05, 4.69) is 31.2 Å². The van der Waals surface area contributed by atoms with E-state index in [9.17, 15) is 0 Å². The van der Waals surface area contributed by atoms with Gasteiger partial charge in [0.2, 0.25) is 0 Å². The van der Waals surface area contributed by atoms with Gasteiger partial charge in [0.05, 0.1) is 0 Å². The topological polar surface area (TPSA) is 0 Å². The zero-order valence-electron chi connectivity index (χ0n) is 7.22. The average Bonchev–Trinajstić information content (AvgIpc) is 2.05. The first-order chi connectivity index (χ1) is 5.83. The maximum absolute atomic E-state index is 5.59. The molecule has 66 valence electrons. The van der Waals surface area contributed by atoms with Crippen LogP contribution in [0.15, 0.2) is 29.2 Å². The minimum atomic E-state index is 0.763. The summed E-state index contributed by atoms with van der Waals surface area (Å²) in [6.45, 7) is 2.12. The van der Waals surface area contributed by atoms with Crippen LogP contribution in [0.25, 0.3) is 0 Å². The number of benzene rings is 1. The molecule has 0 spiro atoms. The van der Waals surface area contributed by atoms with E-state index in [1.54, 1.807) is 0 Å². The molecule has 0 aromatic heterocycles. The summed E-state index contributed by atoms with van der Waals surface area (Å²) in [5, 5.41) is 0. The van der Waals surface area contributed by atoms with Crippen molar-refractivity contribution in [2.24, 2.45) is 0 Å². The van der Waals surface area contributed by atoms with Crippen LogP contribution in [0, 0.1) is 6.92 Å². The van der Waals surface area contributed by atoms with Crippen molar-refractivity contribution in [1.29, 1.82) is 0 Å². The van der Waals surface area contributed by atoms with Crippen molar-refractivity contribution in [1.82, 2.24) is 0 Å². The number of aryl methyl sites for hydroxylation is 1. The lowest BCUT2D eigenvalue weighted by atomic mass is 10.2. The summed E-state index contributed by atoms with van der Waals surface area (Å²) in [5.41, 5.74) is 1.32. The zero-order chi connectivity index (χ0) is 8.81. The molecule has 1 aromatic rings. The van der Waals surface area contributed by atoms with Gasteiger partial charge in [-0.3, -0.25) is 0 Å². The number of halogens is 1. The molecule has 0 nitrogen and oxygen atoms in total. The first kappa shape index (κ1) is 9.94. The molecule has 0 N–H and O–H groups in total. The van der Waals surface area contributed by atoms with Crippen LogP contribution in [0.1, 0.15) is 12.0 Å². The summed E-state index contributed by atoms with van der Waals surface area (Å²) in [7, 11) is 0. The fraction of sp³-hybridized carbons (Fsp3) is 0.400. The van der Waals surface area contributed by atoms with Crippen molar-refractivity contribution in [2.45, 2.75) is 18.2 Å². The van der Waals surface area contributed by atoms with Gasteiger partial charge in [0.1, 0.15) is 0 Å². The predicted molar refractivity (Wildman–Crippen MR) is 57.2 cm³/mol. The molecule has 0 saturated heterocycles. The van der Waals surface area contributed by atoms with Crippen LogP contribution in [0.5, 0.6) is 0 Å². The Kier molecular flexibility index (Phi) is 4.55. The van der Waals surface area contributed by atoms with E-state index in [1.807, 2.05) is 11.8 Å². The molecule has 0 fully saturated rings. The van der Waals surface area contributed by atoms with Gasteiger partial charge in [-0.2, -0.15) is 0 Å². The van der Waals surface area contributed by atoms with Crippen molar-refractivity contribution in [3.05, 3.63) is 29.8 Å². The van der Waals surface area contributed by atoms with Crippen LogP contribution in [-0.4, -0.2) is 11.6 Å². The molecule has 12 heavy (non-hydrogen) atoms. The SMILES string of the molecule is Cc1cccc(SCCCCl)c1. The minimum Gasteiger partial charge on any atom is -0.127 e. The summed E-state index contributed by atoms with van der Waals surface area (Å²) in [4.78, 5) is 1.35. The van der Waals surface area contributed by atoms with Gasteiger partial charge >= 0.3 is 0 Å². The number of hydrogen-bond donors (Lipinski definition) is 0. The quantitative estimate of drug-likeness (QED) is 0.406. The minimum absolute atomic E-state index is 0.763. The van der Waals surface area contributed by atoms with E-state index in [1.165, 1.54) is 10.5 Å². The number of alkyl halides is 1. The predicted octanol–water partition coefficient (Wildman–Crippen LogP) is 3.72. The summed E-state index contributed by atoms with van der Waals surface area (Å²) >= 11 is 7.46. The third kappa shape index (κ3) is 3.51. The largest absolute Gasteiger partial charge is 0.127 e. The van der Waals surface area contributed by atoms with Gasteiger partial charge in [-0.05, 0) is 31.2 Å². The number of thioether (sulfide) groups is 1. The Morgan fingerprint density at radius 3 is 2.92 bits per heavy atom. The van der Waals surface area contributed by atoms with Crippen LogP contribution in [0.4, 0.5) is 0 Å². The highest BCUT2D eigenvalue weighted by molar-refractivity contribution is 7.99. The summed E-state index contributed by atoms with van der Waals surface area (Å²) in [5.74, 6) is 1.88. The zero-order valence-corrected chi connectivity index (χ0v) is 8.79. The van der Waals surface area contributed by atoms with Gasteiger partial charge in [-0.15, -0.1) is 23.4 Å². The van der Waals surface area contributed by atoms with Crippen LogP contribution < -0.4 is 0 Å². The molecule has 0 saturated carbocycles. The first-order valence-corrected chi connectivity index (χ1v) is 5.60. The highest BCUT2D eigenvalue weighted by Crippen LogP contribution is 2.19. The Morgan fingerprint density at radius 2 is 2.25 bits per heavy atom. The third-order valence-corrected chi connectivity index (χ3v) is 2.88. The fourth-order valence-corrected chi connectivity index (χ4v) is 2.21.